The van der Waals surface area contributed by atoms with Gasteiger partial charge in [0.1, 0.15) is 29.6 Å². The van der Waals surface area contributed by atoms with E-state index in [4.69, 9.17) is 20.8 Å². The van der Waals surface area contributed by atoms with Gasteiger partial charge in [0, 0.05) is 83.5 Å². The Morgan fingerprint density at radius 2 is 1.13 bits per heavy atom. The van der Waals surface area contributed by atoms with Gasteiger partial charge in [0.25, 0.3) is 0 Å². The number of aliphatic carboxylic acids is 1. The molecule has 63 heavy (non-hydrogen) atoms. The van der Waals surface area contributed by atoms with Crippen molar-refractivity contribution in [3.05, 3.63) is 144 Å². The monoisotopic (exact) mass is 838 g/mol. The Morgan fingerprint density at radius 3 is 1.67 bits per heavy atom. The van der Waals surface area contributed by atoms with Gasteiger partial charge >= 0.3 is 5.97 Å². The predicted molar refractivity (Wildman–Crippen MR) is 245 cm³/mol. The van der Waals surface area contributed by atoms with Gasteiger partial charge in [-0.15, -0.1) is 0 Å². The number of nitrogens with one attached hydrogen (secondary N) is 1. The molecule has 6 heterocycles. The molecule has 0 radical (unpaired) electrons. The fraction of sp³-hybridized carbons (Fsp3) is 0.208. The van der Waals surface area contributed by atoms with Crippen LogP contribution in [-0.2, 0) is 35.3 Å². The summed E-state index contributed by atoms with van der Waals surface area (Å²) in [5, 5.41) is 14.1. The number of fused-ring (bicyclic) bond motifs is 4. The highest BCUT2D eigenvalue weighted by Crippen LogP contribution is 2.32. The highest BCUT2D eigenvalue weighted by atomic mass is 16.4. The van der Waals surface area contributed by atoms with Crippen LogP contribution in [0.4, 0.5) is 23.0 Å². The largest absolute Gasteiger partial charge is 0.480 e. The molecule has 0 bridgehead atoms. The Balaban J connectivity index is 0.000000146. The molecule has 2 aromatic carbocycles. The van der Waals surface area contributed by atoms with Crippen molar-refractivity contribution in [2.45, 2.75) is 38.5 Å². The number of carboxylic acids is 1. The smallest absolute Gasteiger partial charge is 0.323 e. The number of amides is 1. The van der Waals surface area contributed by atoms with E-state index in [-0.39, 0.29) is 19.0 Å². The van der Waals surface area contributed by atoms with Crippen LogP contribution in [0.5, 0.6) is 0 Å². The van der Waals surface area contributed by atoms with Crippen LogP contribution in [0.2, 0.25) is 0 Å². The lowest BCUT2D eigenvalue weighted by Gasteiger charge is -2.21. The summed E-state index contributed by atoms with van der Waals surface area (Å²) in [4.78, 5) is 63.1. The van der Waals surface area contributed by atoms with E-state index in [9.17, 15) is 9.59 Å². The standard InChI is InChI=1S/C24H22N6O.C15H16N4O2.C9H8N2/c1-30(15-22(31)27-17-11-10-16-6-5-13-26-21(16)14-17)24-18-7-4-9-19(18)28-23(29-24)20-8-2-3-12-25-20;1-19(9-13(20)21)15-10-5-4-7-11(10)17-14(18-15)12-6-2-3-8-16-12;10-8-4-3-7-2-1-5-11-9(7)6-8/h2-3,5-6,8,10-14H,4,7,9,15H2,1H3,(H,27,31);2-3,6,8H,4-5,7,9H2,1H3,(H,20,21);1-6H,10H2. The van der Waals surface area contributed by atoms with E-state index in [0.29, 0.717) is 23.2 Å². The van der Waals surface area contributed by atoms with Crippen LogP contribution >= 0.6 is 0 Å². The van der Waals surface area contributed by atoms with Crippen LogP contribution in [0.3, 0.4) is 0 Å². The van der Waals surface area contributed by atoms with E-state index in [0.717, 1.165) is 106 Å². The molecule has 8 aromatic rings. The number of nitrogen functional groups attached to an aromatic ring is 1. The molecule has 316 valence electrons. The van der Waals surface area contributed by atoms with Gasteiger partial charge in [-0.2, -0.15) is 0 Å². The Labute approximate surface area is 364 Å². The number of nitrogens with two attached hydrogens (primary N) is 1. The molecule has 2 aliphatic carbocycles. The third-order valence-corrected chi connectivity index (χ3v) is 10.6. The van der Waals surface area contributed by atoms with Crippen molar-refractivity contribution < 1.29 is 14.7 Å². The first-order valence-corrected chi connectivity index (χ1v) is 20.7. The van der Waals surface area contributed by atoms with Crippen LogP contribution in [0, 0.1) is 0 Å². The number of carbonyl (C=O) groups excluding carboxylic acids is 1. The van der Waals surface area contributed by atoms with Gasteiger partial charge in [-0.25, -0.2) is 19.9 Å². The maximum atomic E-state index is 12.8. The van der Waals surface area contributed by atoms with Gasteiger partial charge in [0.05, 0.1) is 17.6 Å². The zero-order valence-corrected chi connectivity index (χ0v) is 35.0. The van der Waals surface area contributed by atoms with Crippen molar-refractivity contribution >= 4 is 56.7 Å². The molecule has 10 rings (SSSR count). The van der Waals surface area contributed by atoms with Crippen molar-refractivity contribution in [3.8, 4) is 23.0 Å². The molecule has 0 unspecified atom stereocenters. The molecule has 4 N–H and O–H groups in total. The van der Waals surface area contributed by atoms with Crippen LogP contribution < -0.4 is 20.9 Å². The van der Waals surface area contributed by atoms with Crippen molar-refractivity contribution in [3.63, 3.8) is 0 Å². The van der Waals surface area contributed by atoms with Gasteiger partial charge < -0.3 is 26.0 Å². The molecular weight excluding hydrogens is 793 g/mol. The zero-order chi connectivity index (χ0) is 43.7. The van der Waals surface area contributed by atoms with E-state index in [2.05, 4.69) is 35.2 Å². The molecule has 2 aliphatic rings. The van der Waals surface area contributed by atoms with Gasteiger partial charge in [-0.05, 0) is 99.2 Å². The topological polar surface area (TPSA) is 202 Å². The lowest BCUT2D eigenvalue weighted by molar-refractivity contribution is -0.135. The highest BCUT2D eigenvalue weighted by Gasteiger charge is 2.25. The van der Waals surface area contributed by atoms with Crippen molar-refractivity contribution in [1.29, 1.82) is 0 Å². The summed E-state index contributed by atoms with van der Waals surface area (Å²) in [6.07, 6.45) is 12.7. The third-order valence-electron chi connectivity index (χ3n) is 10.6. The minimum Gasteiger partial charge on any atom is -0.480 e. The van der Waals surface area contributed by atoms with E-state index in [1.807, 2.05) is 109 Å². The fourth-order valence-electron chi connectivity index (χ4n) is 7.67. The van der Waals surface area contributed by atoms with E-state index < -0.39 is 5.97 Å². The first-order valence-electron chi connectivity index (χ1n) is 20.7. The first-order chi connectivity index (χ1) is 30.7. The molecule has 0 saturated heterocycles. The third kappa shape index (κ3) is 10.2. The summed E-state index contributed by atoms with van der Waals surface area (Å²) >= 11 is 0. The average Bonchev–Trinajstić information content (AvgIpc) is 3.99. The number of hydrogen-bond acceptors (Lipinski definition) is 13. The predicted octanol–water partition coefficient (Wildman–Crippen LogP) is 7.02. The number of anilines is 4. The molecule has 0 fully saturated rings. The Morgan fingerprint density at radius 1 is 0.603 bits per heavy atom. The zero-order valence-electron chi connectivity index (χ0n) is 35.0. The maximum absolute atomic E-state index is 12.8. The van der Waals surface area contributed by atoms with Crippen LogP contribution in [-0.4, -0.2) is 84.0 Å². The molecule has 0 atom stereocenters. The summed E-state index contributed by atoms with van der Waals surface area (Å²) in [6, 6.07) is 30.6. The number of likely N-dealkylation sites (N-methyl/N-ethyl adjacent to an activating group) is 2. The summed E-state index contributed by atoms with van der Waals surface area (Å²) < 4.78 is 0. The quantitative estimate of drug-likeness (QED) is 0.125. The Bertz CT molecular complexity index is 2900. The highest BCUT2D eigenvalue weighted by molar-refractivity contribution is 5.96. The molecule has 15 heteroatoms. The SMILES string of the molecule is CN(CC(=O)Nc1ccc2cccnc2c1)c1nc(-c2ccccn2)nc2c1CCC2.CN(CC(=O)O)c1nc(-c2ccccn2)nc2c1CCC2.Nc1ccc2cccnc2c1. The number of hydrogen-bond donors (Lipinski definition) is 3. The molecule has 6 aromatic heterocycles. The maximum Gasteiger partial charge on any atom is 0.323 e. The van der Waals surface area contributed by atoms with Crippen molar-refractivity contribution in [2.24, 2.45) is 0 Å². The number of nitrogens with zero attached hydrogens (tertiary/aromatic N) is 10. The molecule has 0 aliphatic heterocycles. The molecule has 15 nitrogen and oxygen atoms in total. The molecule has 0 spiro atoms. The van der Waals surface area contributed by atoms with E-state index in [1.54, 1.807) is 36.7 Å². The van der Waals surface area contributed by atoms with E-state index in [1.165, 1.54) is 0 Å². The summed E-state index contributed by atoms with van der Waals surface area (Å²) in [7, 11) is 3.64. The van der Waals surface area contributed by atoms with Crippen molar-refractivity contribution in [2.75, 3.05) is 48.0 Å². The fourth-order valence-corrected chi connectivity index (χ4v) is 7.67. The first kappa shape index (κ1) is 41.8. The lowest BCUT2D eigenvalue weighted by atomic mass is 10.2. The second-order valence-electron chi connectivity index (χ2n) is 15.2. The van der Waals surface area contributed by atoms with Crippen LogP contribution in [0.15, 0.2) is 122 Å². The minimum atomic E-state index is -0.873. The number of carboxylic acid groups (broad SMARTS) is 1. The number of benzene rings is 2. The number of rotatable bonds is 9. The Hall–Kier alpha value is -7.94. The lowest BCUT2D eigenvalue weighted by Crippen LogP contribution is -2.31. The summed E-state index contributed by atoms with van der Waals surface area (Å²) in [5.41, 5.74) is 14.6. The number of aryl methyl sites for hydroxylation is 2. The number of carbonyl (C=O) groups is 2. The van der Waals surface area contributed by atoms with E-state index >= 15 is 0 Å². The second kappa shape index (κ2) is 19.2. The number of pyridine rings is 4. The van der Waals surface area contributed by atoms with Gasteiger partial charge in [-0.3, -0.25) is 29.5 Å². The summed E-state index contributed by atoms with van der Waals surface area (Å²) in [6.45, 7) is 0.108. The van der Waals surface area contributed by atoms with Gasteiger partial charge in [-0.1, -0.05) is 36.4 Å². The average molecular weight is 839 g/mol. The van der Waals surface area contributed by atoms with Gasteiger partial charge in [0.15, 0.2) is 11.6 Å². The minimum absolute atomic E-state index is 0.0783. The summed E-state index contributed by atoms with van der Waals surface area (Å²) in [5.74, 6) is 1.69. The molecule has 0 saturated carbocycles. The van der Waals surface area contributed by atoms with Crippen LogP contribution in [0.25, 0.3) is 44.8 Å². The molecular formula is C48H46N12O3. The second-order valence-corrected chi connectivity index (χ2v) is 15.2. The number of aromatic nitrogens is 8. The van der Waals surface area contributed by atoms with Crippen LogP contribution in [0.1, 0.15) is 35.4 Å². The normalized spacial score (nSPS) is 12.3. The van der Waals surface area contributed by atoms with Gasteiger partial charge in [0.2, 0.25) is 5.91 Å². The van der Waals surface area contributed by atoms with Crippen molar-refractivity contribution in [1.82, 2.24) is 39.9 Å². The Kier molecular flexibility index (Phi) is 12.7. The molecule has 1 amide bonds.